The Hall–Kier alpha value is -2.57. The quantitative estimate of drug-likeness (QED) is 0.526. The number of anilines is 1. The van der Waals surface area contributed by atoms with Crippen molar-refractivity contribution in [1.82, 2.24) is 0 Å². The van der Waals surface area contributed by atoms with Gasteiger partial charge in [0.25, 0.3) is 0 Å². The number of benzene rings is 1. The molecule has 1 aromatic rings. The van der Waals surface area contributed by atoms with Crippen LogP contribution in [0.15, 0.2) is 28.2 Å². The van der Waals surface area contributed by atoms with Gasteiger partial charge in [0.05, 0.1) is 5.69 Å². The first-order chi connectivity index (χ1) is 9.51. The molecule has 0 saturated heterocycles. The Morgan fingerprint density at radius 3 is 2.70 bits per heavy atom. The highest BCUT2D eigenvalue weighted by Gasteiger charge is 2.22. The van der Waals surface area contributed by atoms with Crippen LogP contribution in [0.3, 0.4) is 0 Å². The minimum atomic E-state index is -0.132. The molecule has 1 heterocycles. The largest absolute Gasteiger partial charge is 0.370 e. The van der Waals surface area contributed by atoms with E-state index in [1.54, 1.807) is 11.0 Å². The van der Waals surface area contributed by atoms with Crippen molar-refractivity contribution in [1.29, 1.82) is 0 Å². The summed E-state index contributed by atoms with van der Waals surface area (Å²) in [5.41, 5.74) is 18.7. The van der Waals surface area contributed by atoms with Gasteiger partial charge >= 0.3 is 0 Å². The van der Waals surface area contributed by atoms with Gasteiger partial charge in [0, 0.05) is 18.7 Å². The Bertz CT molecular complexity index is 589. The zero-order chi connectivity index (χ0) is 14.7. The van der Waals surface area contributed by atoms with Crippen molar-refractivity contribution < 1.29 is 4.79 Å². The van der Waals surface area contributed by atoms with E-state index >= 15 is 0 Å². The second kappa shape index (κ2) is 5.60. The van der Waals surface area contributed by atoms with E-state index in [0.29, 0.717) is 25.1 Å². The Kier molecular flexibility index (Phi) is 3.88. The number of aryl methyl sites for hydroxylation is 1. The second-order valence-electron chi connectivity index (χ2n) is 4.46. The number of aliphatic imine (C=N–C) groups is 2. The van der Waals surface area contributed by atoms with Crippen molar-refractivity contribution in [3.05, 3.63) is 23.8 Å². The first-order valence-corrected chi connectivity index (χ1v) is 6.38. The van der Waals surface area contributed by atoms with Gasteiger partial charge in [-0.1, -0.05) is 0 Å². The van der Waals surface area contributed by atoms with Gasteiger partial charge in [0.1, 0.15) is 0 Å². The number of guanidine groups is 2. The Morgan fingerprint density at radius 1 is 1.30 bits per heavy atom. The van der Waals surface area contributed by atoms with Crippen LogP contribution < -0.4 is 22.1 Å². The van der Waals surface area contributed by atoms with Crippen LogP contribution in [0.25, 0.3) is 0 Å². The third-order valence-corrected chi connectivity index (χ3v) is 3.07. The molecule has 0 bridgehead atoms. The number of carbonyl (C=O) groups is 1. The maximum atomic E-state index is 11.8. The van der Waals surface area contributed by atoms with Gasteiger partial charge in [-0.25, -0.2) is 4.99 Å². The molecule has 0 unspecified atom stereocenters. The molecule has 7 heteroatoms. The zero-order valence-electron chi connectivity index (χ0n) is 11.3. The van der Waals surface area contributed by atoms with Gasteiger partial charge in [0.15, 0.2) is 5.96 Å². The number of nitrogens with zero attached hydrogens (tertiary/aromatic N) is 3. The van der Waals surface area contributed by atoms with Gasteiger partial charge in [-0.05, 0) is 37.1 Å². The first kappa shape index (κ1) is 13.9. The predicted octanol–water partition coefficient (Wildman–Crippen LogP) is 0.205. The van der Waals surface area contributed by atoms with Crippen molar-refractivity contribution in [2.24, 2.45) is 27.2 Å². The molecule has 1 aliphatic rings. The van der Waals surface area contributed by atoms with Crippen LogP contribution in [0.2, 0.25) is 0 Å². The molecule has 1 amide bonds. The number of nitrogens with two attached hydrogens (primary N) is 3. The van der Waals surface area contributed by atoms with Crippen LogP contribution in [0.5, 0.6) is 0 Å². The number of rotatable bonds is 2. The van der Waals surface area contributed by atoms with E-state index in [-0.39, 0.29) is 17.8 Å². The van der Waals surface area contributed by atoms with E-state index in [1.807, 2.05) is 19.1 Å². The van der Waals surface area contributed by atoms with Gasteiger partial charge in [-0.2, -0.15) is 4.99 Å². The smallest absolute Gasteiger partial charge is 0.227 e. The van der Waals surface area contributed by atoms with E-state index in [1.165, 1.54) is 0 Å². The molecule has 0 saturated carbocycles. The van der Waals surface area contributed by atoms with E-state index < -0.39 is 0 Å². The van der Waals surface area contributed by atoms with E-state index in [0.717, 1.165) is 11.3 Å². The third kappa shape index (κ3) is 2.87. The van der Waals surface area contributed by atoms with Gasteiger partial charge in [-0.3, -0.25) is 4.79 Å². The third-order valence-electron chi connectivity index (χ3n) is 3.07. The van der Waals surface area contributed by atoms with Crippen molar-refractivity contribution in [3.63, 3.8) is 0 Å². The molecule has 0 radical (unpaired) electrons. The molecule has 0 aliphatic carbocycles. The van der Waals surface area contributed by atoms with E-state index in [4.69, 9.17) is 17.2 Å². The topological polar surface area (TPSA) is 123 Å². The fraction of sp³-hybridized carbons (Fsp3) is 0.308. The molecule has 0 fully saturated rings. The molecule has 7 nitrogen and oxygen atoms in total. The molecular formula is C13H18N6O. The van der Waals surface area contributed by atoms with E-state index in [9.17, 15) is 4.79 Å². The van der Waals surface area contributed by atoms with Crippen molar-refractivity contribution >= 4 is 29.2 Å². The second-order valence-corrected chi connectivity index (χ2v) is 4.46. The number of amides is 1. The number of hydrogen-bond acceptors (Lipinski definition) is 2. The highest BCUT2D eigenvalue weighted by molar-refractivity contribution is 5.97. The molecule has 1 aromatic carbocycles. The number of hydrogen-bond donors (Lipinski definition) is 3. The molecule has 6 N–H and O–H groups in total. The van der Waals surface area contributed by atoms with Crippen LogP contribution >= 0.6 is 0 Å². The van der Waals surface area contributed by atoms with Crippen molar-refractivity contribution in [2.75, 3.05) is 11.4 Å². The SMILES string of the molecule is CCN1C(=O)CCc2cc(N=C(N)N=C(N)N)ccc21. The fourth-order valence-electron chi connectivity index (χ4n) is 2.25. The fourth-order valence-corrected chi connectivity index (χ4v) is 2.25. The van der Waals surface area contributed by atoms with Crippen molar-refractivity contribution in [2.45, 2.75) is 19.8 Å². The Morgan fingerprint density at radius 2 is 2.05 bits per heavy atom. The van der Waals surface area contributed by atoms with Gasteiger partial charge < -0.3 is 22.1 Å². The summed E-state index contributed by atoms with van der Waals surface area (Å²) in [5.74, 6) is 0.0208. The number of carbonyl (C=O) groups excluding carboxylic acids is 1. The summed E-state index contributed by atoms with van der Waals surface area (Å²) in [6, 6.07) is 5.56. The molecular weight excluding hydrogens is 256 g/mol. The maximum Gasteiger partial charge on any atom is 0.227 e. The summed E-state index contributed by atoms with van der Waals surface area (Å²) in [6.07, 6.45) is 1.22. The minimum absolute atomic E-state index is 0.00387. The average molecular weight is 274 g/mol. The number of fused-ring (bicyclic) bond motifs is 1. The molecule has 2 rings (SSSR count). The van der Waals surface area contributed by atoms with Gasteiger partial charge in [-0.15, -0.1) is 0 Å². The lowest BCUT2D eigenvalue weighted by molar-refractivity contribution is -0.118. The minimum Gasteiger partial charge on any atom is -0.370 e. The summed E-state index contributed by atoms with van der Waals surface area (Å²) in [4.78, 5) is 21.4. The monoisotopic (exact) mass is 274 g/mol. The predicted molar refractivity (Wildman–Crippen MR) is 79.9 cm³/mol. The highest BCUT2D eigenvalue weighted by Crippen LogP contribution is 2.31. The molecule has 0 aromatic heterocycles. The summed E-state index contributed by atoms with van der Waals surface area (Å²) < 4.78 is 0. The first-order valence-electron chi connectivity index (χ1n) is 6.38. The highest BCUT2D eigenvalue weighted by atomic mass is 16.2. The molecule has 0 spiro atoms. The lowest BCUT2D eigenvalue weighted by atomic mass is 10.0. The average Bonchev–Trinajstić information content (AvgIpc) is 2.38. The lowest BCUT2D eigenvalue weighted by Gasteiger charge is -2.28. The Balaban J connectivity index is 2.34. The maximum absolute atomic E-state index is 11.8. The van der Waals surface area contributed by atoms with Crippen LogP contribution in [0, 0.1) is 0 Å². The lowest BCUT2D eigenvalue weighted by Crippen LogP contribution is -2.34. The molecule has 20 heavy (non-hydrogen) atoms. The summed E-state index contributed by atoms with van der Waals surface area (Å²) in [5, 5.41) is 0. The molecule has 106 valence electrons. The molecule has 0 atom stereocenters. The zero-order valence-corrected chi connectivity index (χ0v) is 11.3. The van der Waals surface area contributed by atoms with Gasteiger partial charge in [0.2, 0.25) is 11.9 Å². The van der Waals surface area contributed by atoms with Crippen LogP contribution in [-0.2, 0) is 11.2 Å². The van der Waals surface area contributed by atoms with Crippen LogP contribution in [-0.4, -0.2) is 24.4 Å². The van der Waals surface area contributed by atoms with Crippen LogP contribution in [0.1, 0.15) is 18.9 Å². The molecule has 1 aliphatic heterocycles. The standard InChI is InChI=1S/C13H18N6O/c1-2-19-10-5-4-9(17-13(16)18-12(14)15)7-8(10)3-6-11(19)20/h4-5,7H,2-3,6H2,1H3,(H6,14,15,16,17,18). The van der Waals surface area contributed by atoms with E-state index in [2.05, 4.69) is 9.98 Å². The van der Waals surface area contributed by atoms with Crippen molar-refractivity contribution in [3.8, 4) is 0 Å². The normalized spacial score (nSPS) is 14.9. The Labute approximate surface area is 117 Å². The summed E-state index contributed by atoms with van der Waals surface area (Å²) >= 11 is 0. The van der Waals surface area contributed by atoms with Crippen LogP contribution in [0.4, 0.5) is 11.4 Å². The summed E-state index contributed by atoms with van der Waals surface area (Å²) in [6.45, 7) is 2.61. The summed E-state index contributed by atoms with van der Waals surface area (Å²) in [7, 11) is 0.